The average Bonchev–Trinajstić information content (AvgIpc) is 2.46. The zero-order valence-corrected chi connectivity index (χ0v) is 11.6. The molecule has 21 heavy (non-hydrogen) atoms. The van der Waals surface area contributed by atoms with Crippen LogP contribution in [0.5, 0.6) is 0 Å². The monoisotopic (exact) mass is 302 g/mol. The molecule has 2 rings (SSSR count). The first-order valence-electron chi connectivity index (χ1n) is 6.70. The first-order chi connectivity index (χ1) is 9.93. The predicted molar refractivity (Wildman–Crippen MR) is 72.3 cm³/mol. The minimum atomic E-state index is -4.51. The molecule has 1 unspecified atom stereocenters. The lowest BCUT2D eigenvalue weighted by molar-refractivity contribution is -0.136. The number of benzene rings is 1. The van der Waals surface area contributed by atoms with Crippen molar-refractivity contribution in [3.8, 4) is 0 Å². The summed E-state index contributed by atoms with van der Waals surface area (Å²) in [6, 6.07) is 3.40. The van der Waals surface area contributed by atoms with E-state index in [9.17, 15) is 18.0 Å². The van der Waals surface area contributed by atoms with Crippen LogP contribution in [0.3, 0.4) is 0 Å². The molecule has 0 radical (unpaired) electrons. The molecular formula is C14H17F3N2O2. The summed E-state index contributed by atoms with van der Waals surface area (Å²) in [5.41, 5.74) is -1.07. The molecule has 1 saturated heterocycles. The van der Waals surface area contributed by atoms with Crippen molar-refractivity contribution in [3.05, 3.63) is 29.3 Å². The molecule has 4 nitrogen and oxygen atoms in total. The van der Waals surface area contributed by atoms with Crippen LogP contribution in [-0.2, 0) is 10.9 Å². The molecule has 1 heterocycles. The maximum absolute atomic E-state index is 12.9. The van der Waals surface area contributed by atoms with Crippen molar-refractivity contribution in [3.63, 3.8) is 0 Å². The second-order valence-corrected chi connectivity index (χ2v) is 4.86. The molecule has 1 aromatic carbocycles. The molecule has 7 heteroatoms. The lowest BCUT2D eigenvalue weighted by Gasteiger charge is -2.24. The van der Waals surface area contributed by atoms with E-state index in [1.807, 2.05) is 0 Å². The van der Waals surface area contributed by atoms with Gasteiger partial charge in [-0.1, -0.05) is 6.07 Å². The van der Waals surface area contributed by atoms with Crippen LogP contribution in [0.1, 0.15) is 28.8 Å². The maximum Gasteiger partial charge on any atom is 0.418 e. The van der Waals surface area contributed by atoms with E-state index in [-0.39, 0.29) is 17.3 Å². The van der Waals surface area contributed by atoms with Crippen molar-refractivity contribution < 1.29 is 22.7 Å². The number of halogens is 3. The summed E-state index contributed by atoms with van der Waals surface area (Å²) in [6.45, 7) is 1.04. The van der Waals surface area contributed by atoms with Crippen LogP contribution >= 0.6 is 0 Å². The van der Waals surface area contributed by atoms with E-state index < -0.39 is 17.6 Å². The van der Waals surface area contributed by atoms with Gasteiger partial charge in [-0.25, -0.2) is 0 Å². The van der Waals surface area contributed by atoms with Crippen molar-refractivity contribution in [2.24, 2.45) is 0 Å². The second-order valence-electron chi connectivity index (χ2n) is 4.86. The molecule has 1 atom stereocenters. The zero-order valence-electron chi connectivity index (χ0n) is 11.6. The minimum absolute atomic E-state index is 0.0158. The first-order valence-corrected chi connectivity index (χ1v) is 6.70. The zero-order chi connectivity index (χ0) is 15.5. The van der Waals surface area contributed by atoms with Crippen LogP contribution in [-0.4, -0.2) is 32.2 Å². The molecule has 116 valence electrons. The van der Waals surface area contributed by atoms with Gasteiger partial charge in [0.05, 0.1) is 29.5 Å². The molecule has 0 bridgehead atoms. The Kier molecular flexibility index (Phi) is 4.72. The Morgan fingerprint density at radius 2 is 2.14 bits per heavy atom. The summed E-state index contributed by atoms with van der Waals surface area (Å²) in [5.74, 6) is -0.527. The third-order valence-electron chi connectivity index (χ3n) is 3.36. The van der Waals surface area contributed by atoms with Gasteiger partial charge in [-0.2, -0.15) is 13.2 Å². The molecule has 1 amide bonds. The molecular weight excluding hydrogens is 285 g/mol. The van der Waals surface area contributed by atoms with Gasteiger partial charge in [-0.3, -0.25) is 4.79 Å². The van der Waals surface area contributed by atoms with E-state index >= 15 is 0 Å². The topological polar surface area (TPSA) is 50.4 Å². The largest absolute Gasteiger partial charge is 0.418 e. The highest BCUT2D eigenvalue weighted by Gasteiger charge is 2.35. The predicted octanol–water partition coefficient (Wildman–Crippen LogP) is 2.66. The van der Waals surface area contributed by atoms with Crippen molar-refractivity contribution in [2.75, 3.05) is 25.6 Å². The van der Waals surface area contributed by atoms with Crippen molar-refractivity contribution in [1.29, 1.82) is 0 Å². The third kappa shape index (κ3) is 3.66. The van der Waals surface area contributed by atoms with Gasteiger partial charge >= 0.3 is 6.18 Å². The quantitative estimate of drug-likeness (QED) is 0.902. The standard InChI is InChI=1S/C14H17F3N2O2/c1-18-12-10(5-2-6-11(12)14(15,16)17)13(20)19-9-4-3-7-21-8-9/h2,5-6,9,18H,3-4,7-8H2,1H3,(H,19,20). The number of rotatable bonds is 3. The average molecular weight is 302 g/mol. The summed E-state index contributed by atoms with van der Waals surface area (Å²) < 4.78 is 44.1. The fourth-order valence-electron chi connectivity index (χ4n) is 2.36. The molecule has 0 aliphatic carbocycles. The highest BCUT2D eigenvalue weighted by molar-refractivity contribution is 6.00. The summed E-state index contributed by atoms with van der Waals surface area (Å²) in [7, 11) is 1.37. The Balaban J connectivity index is 2.24. The number of nitrogens with one attached hydrogen (secondary N) is 2. The van der Waals surface area contributed by atoms with Gasteiger partial charge in [0.1, 0.15) is 0 Å². The number of ether oxygens (including phenoxy) is 1. The number of alkyl halides is 3. The Morgan fingerprint density at radius 3 is 2.71 bits per heavy atom. The van der Waals surface area contributed by atoms with Crippen molar-refractivity contribution in [2.45, 2.75) is 25.1 Å². The summed E-state index contributed by atoms with van der Waals surface area (Å²) in [4.78, 5) is 12.2. The Morgan fingerprint density at radius 1 is 1.38 bits per heavy atom. The van der Waals surface area contributed by atoms with Gasteiger partial charge in [-0.15, -0.1) is 0 Å². The van der Waals surface area contributed by atoms with Crippen LogP contribution in [0.15, 0.2) is 18.2 Å². The molecule has 1 fully saturated rings. The van der Waals surface area contributed by atoms with Crippen LogP contribution in [0, 0.1) is 0 Å². The maximum atomic E-state index is 12.9. The molecule has 1 aliphatic rings. The van der Waals surface area contributed by atoms with Gasteiger partial charge in [0.15, 0.2) is 0 Å². The minimum Gasteiger partial charge on any atom is -0.387 e. The van der Waals surface area contributed by atoms with E-state index in [1.165, 1.54) is 19.2 Å². The second kappa shape index (κ2) is 6.34. The highest BCUT2D eigenvalue weighted by atomic mass is 19.4. The van der Waals surface area contributed by atoms with E-state index in [0.29, 0.717) is 13.2 Å². The SMILES string of the molecule is CNc1c(C(=O)NC2CCCOC2)cccc1C(F)(F)F. The normalized spacial score (nSPS) is 19.1. The van der Waals surface area contributed by atoms with Gasteiger partial charge in [0.2, 0.25) is 0 Å². The van der Waals surface area contributed by atoms with Gasteiger partial charge in [0, 0.05) is 13.7 Å². The number of hydrogen-bond donors (Lipinski definition) is 2. The van der Waals surface area contributed by atoms with Crippen molar-refractivity contribution >= 4 is 11.6 Å². The lowest BCUT2D eigenvalue weighted by Crippen LogP contribution is -2.40. The Hall–Kier alpha value is -1.76. The first kappa shape index (κ1) is 15.6. The fourth-order valence-corrected chi connectivity index (χ4v) is 2.36. The van der Waals surface area contributed by atoms with Crippen molar-refractivity contribution in [1.82, 2.24) is 5.32 Å². The molecule has 1 aliphatic heterocycles. The smallest absolute Gasteiger partial charge is 0.387 e. The van der Waals surface area contributed by atoms with Crippen LogP contribution in [0.2, 0.25) is 0 Å². The van der Waals surface area contributed by atoms with E-state index in [1.54, 1.807) is 0 Å². The third-order valence-corrected chi connectivity index (χ3v) is 3.36. The highest BCUT2D eigenvalue weighted by Crippen LogP contribution is 2.36. The number of para-hydroxylation sites is 1. The van der Waals surface area contributed by atoms with Crippen LogP contribution in [0.4, 0.5) is 18.9 Å². The summed E-state index contributed by atoms with van der Waals surface area (Å²) in [6.07, 6.45) is -2.92. The lowest BCUT2D eigenvalue weighted by atomic mass is 10.0. The number of carbonyl (C=O) groups is 1. The number of carbonyl (C=O) groups excluding carboxylic acids is 1. The number of amides is 1. The van der Waals surface area contributed by atoms with Gasteiger partial charge in [0.25, 0.3) is 5.91 Å². The van der Waals surface area contributed by atoms with Gasteiger partial charge < -0.3 is 15.4 Å². The molecule has 2 N–H and O–H groups in total. The Labute approximate surface area is 120 Å². The molecule has 0 aromatic heterocycles. The summed E-state index contributed by atoms with van der Waals surface area (Å²) >= 11 is 0. The molecule has 0 spiro atoms. The van der Waals surface area contributed by atoms with Crippen LogP contribution in [0.25, 0.3) is 0 Å². The molecule has 1 aromatic rings. The van der Waals surface area contributed by atoms with E-state index in [0.717, 1.165) is 18.9 Å². The van der Waals surface area contributed by atoms with Crippen LogP contribution < -0.4 is 10.6 Å². The number of anilines is 1. The van der Waals surface area contributed by atoms with E-state index in [2.05, 4.69) is 10.6 Å². The van der Waals surface area contributed by atoms with Gasteiger partial charge in [-0.05, 0) is 25.0 Å². The number of hydrogen-bond acceptors (Lipinski definition) is 3. The molecule has 0 saturated carbocycles. The summed E-state index contributed by atoms with van der Waals surface area (Å²) in [5, 5.41) is 5.19. The van der Waals surface area contributed by atoms with E-state index in [4.69, 9.17) is 4.74 Å². The Bertz CT molecular complexity index is 511. The fraction of sp³-hybridized carbons (Fsp3) is 0.500.